The van der Waals surface area contributed by atoms with Gasteiger partial charge in [-0.25, -0.2) is 12.8 Å². The normalized spacial score (nSPS) is 31.3. The first kappa shape index (κ1) is 13.5. The lowest BCUT2D eigenvalue weighted by atomic mass is 10.00. The number of rotatable bonds is 4. The molecule has 2 rings (SSSR count). The molecular formula is C12H16FNO3S. The van der Waals surface area contributed by atoms with E-state index >= 15 is 0 Å². The lowest BCUT2D eigenvalue weighted by Crippen LogP contribution is -2.27. The van der Waals surface area contributed by atoms with Crippen LogP contribution in [0.25, 0.3) is 0 Å². The SMILES string of the molecule is CS(=O)(=O)[C@H]1[C@H](c2cccc(F)c2)[C@@]1(CN)CO. The molecule has 3 N–H and O–H groups in total. The average molecular weight is 273 g/mol. The summed E-state index contributed by atoms with van der Waals surface area (Å²) in [6, 6.07) is 5.79. The van der Waals surface area contributed by atoms with E-state index in [9.17, 15) is 17.9 Å². The first-order valence-electron chi connectivity index (χ1n) is 5.62. The van der Waals surface area contributed by atoms with E-state index in [2.05, 4.69) is 0 Å². The lowest BCUT2D eigenvalue weighted by Gasteiger charge is -2.11. The first-order valence-corrected chi connectivity index (χ1v) is 7.57. The Hall–Kier alpha value is -0.980. The highest BCUT2D eigenvalue weighted by Gasteiger charge is 2.68. The smallest absolute Gasteiger partial charge is 0.151 e. The molecule has 18 heavy (non-hydrogen) atoms. The second-order valence-corrected chi connectivity index (χ2v) is 7.05. The van der Waals surface area contributed by atoms with E-state index < -0.39 is 32.2 Å². The third-order valence-corrected chi connectivity index (χ3v) is 5.39. The second-order valence-electron chi connectivity index (χ2n) is 4.88. The maximum absolute atomic E-state index is 13.2. The van der Waals surface area contributed by atoms with Gasteiger partial charge in [-0.2, -0.15) is 0 Å². The summed E-state index contributed by atoms with van der Waals surface area (Å²) in [6.45, 7) is -0.259. The highest BCUT2D eigenvalue weighted by Crippen LogP contribution is 2.61. The Balaban J connectivity index is 2.45. The maximum atomic E-state index is 13.2. The van der Waals surface area contributed by atoms with E-state index in [1.807, 2.05) is 0 Å². The molecule has 6 heteroatoms. The van der Waals surface area contributed by atoms with E-state index in [1.54, 1.807) is 6.07 Å². The quantitative estimate of drug-likeness (QED) is 0.825. The number of hydrogen-bond acceptors (Lipinski definition) is 4. The highest BCUT2D eigenvalue weighted by atomic mass is 32.2. The number of sulfone groups is 1. The van der Waals surface area contributed by atoms with Crippen LogP contribution in [0.2, 0.25) is 0 Å². The number of benzene rings is 1. The van der Waals surface area contributed by atoms with Gasteiger partial charge in [0.15, 0.2) is 9.84 Å². The average Bonchev–Trinajstić information content (AvgIpc) is 2.98. The topological polar surface area (TPSA) is 80.4 Å². The largest absolute Gasteiger partial charge is 0.396 e. The summed E-state index contributed by atoms with van der Waals surface area (Å²) in [7, 11) is -3.33. The Morgan fingerprint density at radius 3 is 2.56 bits per heavy atom. The number of hydrogen-bond donors (Lipinski definition) is 2. The van der Waals surface area contributed by atoms with Crippen molar-refractivity contribution in [1.82, 2.24) is 0 Å². The molecule has 1 aliphatic rings. The Morgan fingerprint density at radius 1 is 1.50 bits per heavy atom. The first-order chi connectivity index (χ1) is 8.36. The van der Waals surface area contributed by atoms with Crippen LogP contribution in [0.1, 0.15) is 11.5 Å². The highest BCUT2D eigenvalue weighted by molar-refractivity contribution is 7.91. The molecular weight excluding hydrogens is 257 g/mol. The number of nitrogens with two attached hydrogens (primary N) is 1. The molecule has 0 aromatic heterocycles. The molecule has 0 unspecified atom stereocenters. The standard InChI is InChI=1S/C12H16FNO3S/c1-18(16,17)11-10(12(11,6-14)7-15)8-3-2-4-9(13)5-8/h2-5,10-11,15H,6-7,14H2,1H3/t10-,11-,12+/m0/s1. The van der Waals surface area contributed by atoms with Gasteiger partial charge >= 0.3 is 0 Å². The third kappa shape index (κ3) is 1.94. The summed E-state index contributed by atoms with van der Waals surface area (Å²) in [4.78, 5) is 0. The van der Waals surface area contributed by atoms with Gasteiger partial charge in [0.25, 0.3) is 0 Å². The summed E-state index contributed by atoms with van der Waals surface area (Å²) in [5, 5.41) is 8.72. The molecule has 1 aliphatic carbocycles. The maximum Gasteiger partial charge on any atom is 0.151 e. The molecule has 3 atom stereocenters. The van der Waals surface area contributed by atoms with Crippen LogP contribution in [0.3, 0.4) is 0 Å². The van der Waals surface area contributed by atoms with Crippen molar-refractivity contribution in [3.63, 3.8) is 0 Å². The fraction of sp³-hybridized carbons (Fsp3) is 0.500. The summed E-state index contributed by atoms with van der Waals surface area (Å²) < 4.78 is 36.7. The van der Waals surface area contributed by atoms with Crippen molar-refractivity contribution in [2.75, 3.05) is 19.4 Å². The molecule has 0 amide bonds. The number of aliphatic hydroxyl groups excluding tert-OH is 1. The molecule has 1 aromatic carbocycles. The van der Waals surface area contributed by atoms with Crippen LogP contribution in [-0.4, -0.2) is 38.2 Å². The monoisotopic (exact) mass is 273 g/mol. The van der Waals surface area contributed by atoms with Gasteiger partial charge < -0.3 is 10.8 Å². The van der Waals surface area contributed by atoms with Crippen molar-refractivity contribution in [2.24, 2.45) is 11.1 Å². The van der Waals surface area contributed by atoms with Crippen molar-refractivity contribution in [2.45, 2.75) is 11.2 Å². The van der Waals surface area contributed by atoms with Crippen LogP contribution in [0, 0.1) is 11.2 Å². The summed E-state index contributed by atoms with van der Waals surface area (Å²) in [5.74, 6) is -0.853. The van der Waals surface area contributed by atoms with Gasteiger partial charge in [0, 0.05) is 24.1 Å². The van der Waals surface area contributed by atoms with Crippen molar-refractivity contribution in [3.05, 3.63) is 35.6 Å². The van der Waals surface area contributed by atoms with Crippen molar-refractivity contribution in [1.29, 1.82) is 0 Å². The third-order valence-electron chi connectivity index (χ3n) is 3.72. The summed E-state index contributed by atoms with van der Waals surface area (Å²) >= 11 is 0. The Bertz CT molecular complexity index is 554. The molecule has 0 heterocycles. The molecule has 0 spiro atoms. The van der Waals surface area contributed by atoms with Crippen LogP contribution in [0.5, 0.6) is 0 Å². The van der Waals surface area contributed by atoms with Crippen LogP contribution in [0.4, 0.5) is 4.39 Å². The van der Waals surface area contributed by atoms with Gasteiger partial charge in [0.2, 0.25) is 0 Å². The molecule has 1 fully saturated rings. The van der Waals surface area contributed by atoms with Crippen LogP contribution >= 0.6 is 0 Å². The van der Waals surface area contributed by atoms with E-state index in [-0.39, 0.29) is 13.2 Å². The van der Waals surface area contributed by atoms with E-state index in [1.165, 1.54) is 18.2 Å². The predicted octanol–water partition coefficient (Wildman–Crippen LogP) is 0.274. The minimum Gasteiger partial charge on any atom is -0.396 e. The molecule has 1 saturated carbocycles. The predicted molar refractivity (Wildman–Crippen MR) is 66.3 cm³/mol. The van der Waals surface area contributed by atoms with E-state index in [0.29, 0.717) is 5.56 Å². The minimum atomic E-state index is -3.33. The zero-order chi connectivity index (χ0) is 13.6. The molecule has 1 aromatic rings. The number of aliphatic hydroxyl groups is 1. The molecule has 100 valence electrons. The molecule has 0 bridgehead atoms. The zero-order valence-corrected chi connectivity index (χ0v) is 10.8. The molecule has 0 saturated heterocycles. The van der Waals surface area contributed by atoms with Gasteiger partial charge in [-0.15, -0.1) is 0 Å². The van der Waals surface area contributed by atoms with Crippen molar-refractivity contribution < 1.29 is 17.9 Å². The molecule has 0 aliphatic heterocycles. The van der Waals surface area contributed by atoms with Gasteiger partial charge in [0.1, 0.15) is 5.82 Å². The Kier molecular flexibility index (Phi) is 3.21. The van der Waals surface area contributed by atoms with Crippen LogP contribution in [-0.2, 0) is 9.84 Å². The van der Waals surface area contributed by atoms with Crippen LogP contribution in [0.15, 0.2) is 24.3 Å². The lowest BCUT2D eigenvalue weighted by molar-refractivity contribution is 0.212. The fourth-order valence-corrected chi connectivity index (χ4v) is 4.84. The zero-order valence-electron chi connectivity index (χ0n) is 10.0. The number of halogens is 1. The van der Waals surface area contributed by atoms with Gasteiger partial charge in [-0.1, -0.05) is 12.1 Å². The van der Waals surface area contributed by atoms with Gasteiger partial charge in [0.05, 0.1) is 11.9 Å². The fourth-order valence-electron chi connectivity index (χ4n) is 2.83. The Morgan fingerprint density at radius 2 is 2.17 bits per heavy atom. The molecule has 4 nitrogen and oxygen atoms in total. The molecule has 0 radical (unpaired) electrons. The van der Waals surface area contributed by atoms with Crippen molar-refractivity contribution in [3.8, 4) is 0 Å². The van der Waals surface area contributed by atoms with E-state index in [0.717, 1.165) is 6.26 Å². The summed E-state index contributed by atoms with van der Waals surface area (Å²) in [5.41, 5.74) is 5.31. The second kappa shape index (κ2) is 4.29. The Labute approximate surface area is 106 Å². The summed E-state index contributed by atoms with van der Waals surface area (Å²) in [6.07, 6.45) is 1.12. The minimum absolute atomic E-state index is 0.0580. The van der Waals surface area contributed by atoms with E-state index in [4.69, 9.17) is 5.73 Å². The van der Waals surface area contributed by atoms with Crippen LogP contribution < -0.4 is 5.73 Å². The van der Waals surface area contributed by atoms with Gasteiger partial charge in [-0.3, -0.25) is 0 Å². The van der Waals surface area contributed by atoms with Gasteiger partial charge in [-0.05, 0) is 17.7 Å². The van der Waals surface area contributed by atoms with Crippen molar-refractivity contribution >= 4 is 9.84 Å².